The first-order chi connectivity index (χ1) is 7.04. The smallest absolute Gasteiger partial charge is 0.303 e. The van der Waals surface area contributed by atoms with Crippen LogP contribution < -0.4 is 0 Å². The van der Waals surface area contributed by atoms with Gasteiger partial charge in [-0.2, -0.15) is 0 Å². The summed E-state index contributed by atoms with van der Waals surface area (Å²) in [6.07, 6.45) is 3.77. The van der Waals surface area contributed by atoms with Gasteiger partial charge < -0.3 is 14.6 Å². The summed E-state index contributed by atoms with van der Waals surface area (Å²) in [5.74, 6) is -1.20. The minimum Gasteiger partial charge on any atom is -0.481 e. The summed E-state index contributed by atoms with van der Waals surface area (Å²) in [5, 5.41) is 8.88. The highest BCUT2D eigenvalue weighted by molar-refractivity contribution is 5.67. The summed E-state index contributed by atoms with van der Waals surface area (Å²) in [4.78, 5) is 10.8. The van der Waals surface area contributed by atoms with Crippen molar-refractivity contribution in [2.45, 2.75) is 44.8 Å². The Kier molecular flexibility index (Phi) is 2.73. The van der Waals surface area contributed by atoms with Crippen molar-refractivity contribution in [3.8, 4) is 0 Å². The van der Waals surface area contributed by atoms with E-state index >= 15 is 0 Å². The Morgan fingerprint density at radius 2 is 2.00 bits per heavy atom. The quantitative estimate of drug-likeness (QED) is 0.761. The van der Waals surface area contributed by atoms with Gasteiger partial charge in [-0.05, 0) is 18.3 Å². The second kappa shape index (κ2) is 3.76. The summed E-state index contributed by atoms with van der Waals surface area (Å²) in [6.45, 7) is 3.30. The van der Waals surface area contributed by atoms with Gasteiger partial charge in [-0.15, -0.1) is 0 Å². The molecule has 1 heterocycles. The molecule has 2 fully saturated rings. The van der Waals surface area contributed by atoms with E-state index in [1.807, 2.05) is 6.92 Å². The van der Waals surface area contributed by atoms with Crippen LogP contribution in [0.1, 0.15) is 39.0 Å². The SMILES string of the molecule is CC1(CC(=O)O)CCCC2(C1)OCCO2. The van der Waals surface area contributed by atoms with Crippen LogP contribution in [0.15, 0.2) is 0 Å². The van der Waals surface area contributed by atoms with Crippen LogP contribution in [0.25, 0.3) is 0 Å². The molecule has 0 aromatic carbocycles. The van der Waals surface area contributed by atoms with Gasteiger partial charge in [0.25, 0.3) is 0 Å². The van der Waals surface area contributed by atoms with Crippen LogP contribution in [0.3, 0.4) is 0 Å². The molecule has 2 aliphatic rings. The fourth-order valence-electron chi connectivity index (χ4n) is 2.87. The van der Waals surface area contributed by atoms with E-state index in [0.717, 1.165) is 19.3 Å². The topological polar surface area (TPSA) is 55.8 Å². The average Bonchev–Trinajstić information content (AvgIpc) is 2.50. The maximum atomic E-state index is 10.8. The number of carboxylic acids is 1. The van der Waals surface area contributed by atoms with Crippen LogP contribution in [0.4, 0.5) is 0 Å². The van der Waals surface area contributed by atoms with Crippen molar-refractivity contribution in [2.75, 3.05) is 13.2 Å². The fraction of sp³-hybridized carbons (Fsp3) is 0.909. The lowest BCUT2D eigenvalue weighted by atomic mass is 9.71. The van der Waals surface area contributed by atoms with Crippen LogP contribution in [0.2, 0.25) is 0 Å². The van der Waals surface area contributed by atoms with E-state index < -0.39 is 11.8 Å². The predicted molar refractivity (Wildman–Crippen MR) is 53.5 cm³/mol. The molecule has 2 rings (SSSR count). The van der Waals surface area contributed by atoms with Gasteiger partial charge in [0.1, 0.15) is 0 Å². The van der Waals surface area contributed by atoms with E-state index in [0.29, 0.717) is 19.6 Å². The van der Waals surface area contributed by atoms with E-state index in [1.54, 1.807) is 0 Å². The van der Waals surface area contributed by atoms with E-state index in [9.17, 15) is 4.79 Å². The number of rotatable bonds is 2. The number of ether oxygens (including phenoxy) is 2. The van der Waals surface area contributed by atoms with Gasteiger partial charge in [0, 0.05) is 12.8 Å². The minimum absolute atomic E-state index is 0.172. The summed E-state index contributed by atoms with van der Waals surface area (Å²) < 4.78 is 11.3. The van der Waals surface area contributed by atoms with E-state index in [1.165, 1.54) is 0 Å². The molecule has 0 amide bonds. The van der Waals surface area contributed by atoms with Gasteiger partial charge in [-0.3, -0.25) is 4.79 Å². The fourth-order valence-corrected chi connectivity index (χ4v) is 2.87. The van der Waals surface area contributed by atoms with E-state index in [2.05, 4.69) is 0 Å². The summed E-state index contributed by atoms with van der Waals surface area (Å²) in [5.41, 5.74) is -0.172. The number of carbonyl (C=O) groups is 1. The van der Waals surface area contributed by atoms with Crippen LogP contribution in [0.5, 0.6) is 0 Å². The molecule has 86 valence electrons. The Morgan fingerprint density at radius 3 is 2.60 bits per heavy atom. The van der Waals surface area contributed by atoms with Crippen molar-refractivity contribution in [3.63, 3.8) is 0 Å². The lowest BCUT2D eigenvalue weighted by Gasteiger charge is -2.42. The molecule has 4 heteroatoms. The van der Waals surface area contributed by atoms with Crippen molar-refractivity contribution >= 4 is 5.97 Å². The molecule has 0 radical (unpaired) electrons. The number of hydrogen-bond acceptors (Lipinski definition) is 3. The molecule has 1 spiro atoms. The van der Waals surface area contributed by atoms with Crippen molar-refractivity contribution in [1.29, 1.82) is 0 Å². The van der Waals surface area contributed by atoms with E-state index in [4.69, 9.17) is 14.6 Å². The normalized spacial score (nSPS) is 34.5. The Bertz CT molecular complexity index is 257. The van der Waals surface area contributed by atoms with Crippen molar-refractivity contribution < 1.29 is 19.4 Å². The molecular formula is C11H18O4. The second-order valence-corrected chi connectivity index (χ2v) is 5.02. The van der Waals surface area contributed by atoms with Crippen LogP contribution in [-0.4, -0.2) is 30.1 Å². The van der Waals surface area contributed by atoms with Gasteiger partial charge in [-0.1, -0.05) is 6.92 Å². The maximum Gasteiger partial charge on any atom is 0.303 e. The summed E-state index contributed by atoms with van der Waals surface area (Å²) in [7, 11) is 0. The standard InChI is InChI=1S/C11H18O4/c1-10(7-9(12)13)3-2-4-11(8-10)14-5-6-15-11/h2-8H2,1H3,(H,12,13). The van der Waals surface area contributed by atoms with Crippen molar-refractivity contribution in [2.24, 2.45) is 5.41 Å². The lowest BCUT2D eigenvalue weighted by molar-refractivity contribution is -0.201. The molecule has 0 bridgehead atoms. The molecule has 4 nitrogen and oxygen atoms in total. The Hall–Kier alpha value is -0.610. The van der Waals surface area contributed by atoms with Crippen molar-refractivity contribution in [1.82, 2.24) is 0 Å². The van der Waals surface area contributed by atoms with Crippen molar-refractivity contribution in [3.05, 3.63) is 0 Å². The molecule has 15 heavy (non-hydrogen) atoms. The molecule has 1 N–H and O–H groups in total. The molecule has 1 unspecified atom stereocenters. The Morgan fingerprint density at radius 1 is 1.33 bits per heavy atom. The van der Waals surface area contributed by atoms with Crippen LogP contribution >= 0.6 is 0 Å². The average molecular weight is 214 g/mol. The van der Waals surface area contributed by atoms with Crippen LogP contribution in [-0.2, 0) is 14.3 Å². The zero-order valence-corrected chi connectivity index (χ0v) is 9.12. The second-order valence-electron chi connectivity index (χ2n) is 5.02. The van der Waals surface area contributed by atoms with Gasteiger partial charge in [0.15, 0.2) is 5.79 Å². The first-order valence-corrected chi connectivity index (χ1v) is 5.53. The molecule has 0 aromatic rings. The first kappa shape index (κ1) is 10.9. The zero-order chi connectivity index (χ0) is 10.9. The maximum absolute atomic E-state index is 10.8. The monoisotopic (exact) mass is 214 g/mol. The van der Waals surface area contributed by atoms with E-state index in [-0.39, 0.29) is 11.8 Å². The molecular weight excluding hydrogens is 196 g/mol. The first-order valence-electron chi connectivity index (χ1n) is 5.53. The highest BCUT2D eigenvalue weighted by Gasteiger charge is 2.46. The number of hydrogen-bond donors (Lipinski definition) is 1. The largest absolute Gasteiger partial charge is 0.481 e. The summed E-state index contributed by atoms with van der Waals surface area (Å²) >= 11 is 0. The molecule has 0 aromatic heterocycles. The zero-order valence-electron chi connectivity index (χ0n) is 9.12. The third kappa shape index (κ3) is 2.32. The van der Waals surface area contributed by atoms with Gasteiger partial charge >= 0.3 is 5.97 Å². The van der Waals surface area contributed by atoms with Crippen LogP contribution in [0, 0.1) is 5.41 Å². The molecule has 1 saturated heterocycles. The summed E-state index contributed by atoms with van der Waals surface area (Å²) in [6, 6.07) is 0. The van der Waals surface area contributed by atoms with Gasteiger partial charge in [0.05, 0.1) is 19.6 Å². The highest BCUT2D eigenvalue weighted by atomic mass is 16.7. The number of carboxylic acid groups (broad SMARTS) is 1. The molecule has 1 aliphatic carbocycles. The molecule has 1 aliphatic heterocycles. The van der Waals surface area contributed by atoms with Gasteiger partial charge in [-0.25, -0.2) is 0 Å². The third-order valence-electron chi connectivity index (χ3n) is 3.43. The Balaban J connectivity index is 2.05. The minimum atomic E-state index is -0.729. The van der Waals surface area contributed by atoms with Gasteiger partial charge in [0.2, 0.25) is 0 Å². The Labute approximate surface area is 89.6 Å². The molecule has 1 saturated carbocycles. The predicted octanol–water partition coefficient (Wildman–Crippen LogP) is 1.78. The number of aliphatic carboxylic acids is 1. The highest BCUT2D eigenvalue weighted by Crippen LogP contribution is 2.47. The molecule has 1 atom stereocenters. The lowest BCUT2D eigenvalue weighted by Crippen LogP contribution is -2.42. The third-order valence-corrected chi connectivity index (χ3v) is 3.43.